The van der Waals surface area contributed by atoms with Crippen molar-refractivity contribution in [1.82, 2.24) is 28.9 Å². The van der Waals surface area contributed by atoms with Gasteiger partial charge in [-0.2, -0.15) is 4.68 Å². The van der Waals surface area contributed by atoms with Crippen LogP contribution in [0.15, 0.2) is 88.8 Å². The first-order valence-electron chi connectivity index (χ1n) is 11.1. The van der Waals surface area contributed by atoms with Crippen LogP contribution in [0.3, 0.4) is 0 Å². The fourth-order valence-corrected chi connectivity index (χ4v) is 5.34. The molecule has 0 unspecified atom stereocenters. The summed E-state index contributed by atoms with van der Waals surface area (Å²) in [5.74, 6) is 0. The van der Waals surface area contributed by atoms with Gasteiger partial charge in [0.1, 0.15) is 0 Å². The van der Waals surface area contributed by atoms with Crippen LogP contribution in [0.2, 0.25) is 0 Å². The predicted molar refractivity (Wildman–Crippen MR) is 136 cm³/mol. The molecular weight excluding hydrogens is 460 g/mol. The monoisotopic (exact) mass is 480 g/mol. The fourth-order valence-electron chi connectivity index (χ4n) is 4.37. The predicted octanol–water partition coefficient (Wildman–Crippen LogP) is 3.76. The van der Waals surface area contributed by atoms with Gasteiger partial charge in [0, 0.05) is 24.2 Å². The van der Waals surface area contributed by atoms with Crippen LogP contribution in [0.1, 0.15) is 17.0 Å². The first-order valence-corrected chi connectivity index (χ1v) is 11.9. The van der Waals surface area contributed by atoms with Gasteiger partial charge in [-0.25, -0.2) is 4.98 Å². The van der Waals surface area contributed by atoms with E-state index in [1.165, 1.54) is 17.4 Å². The van der Waals surface area contributed by atoms with Crippen molar-refractivity contribution in [2.24, 2.45) is 0 Å². The van der Waals surface area contributed by atoms with Crippen molar-refractivity contribution in [2.75, 3.05) is 0 Å². The Balaban J connectivity index is 1.62. The minimum absolute atomic E-state index is 0.205. The molecule has 4 aromatic heterocycles. The Morgan fingerprint density at radius 2 is 1.74 bits per heavy atom. The normalized spacial score (nSPS) is 11.5. The first-order chi connectivity index (χ1) is 17.1. The Morgan fingerprint density at radius 3 is 2.51 bits per heavy atom. The molecule has 6 aromatic rings. The molecule has 2 aromatic carbocycles. The van der Waals surface area contributed by atoms with Gasteiger partial charge in [0.15, 0.2) is 0 Å². The number of hydrogen-bond donors (Lipinski definition) is 0. The van der Waals surface area contributed by atoms with E-state index >= 15 is 0 Å². The molecule has 0 aliphatic heterocycles. The number of pyridine rings is 1. The molecule has 6 rings (SSSR count). The van der Waals surface area contributed by atoms with Crippen LogP contribution in [0.25, 0.3) is 26.3 Å². The molecule has 9 heteroatoms. The zero-order valence-corrected chi connectivity index (χ0v) is 19.6. The molecule has 0 fully saturated rings. The summed E-state index contributed by atoms with van der Waals surface area (Å²) in [5.41, 5.74) is 3.24. The number of rotatable bonds is 5. The highest BCUT2D eigenvalue weighted by molar-refractivity contribution is 7.20. The van der Waals surface area contributed by atoms with Crippen molar-refractivity contribution in [2.45, 2.75) is 20.0 Å². The number of para-hydroxylation sites is 1. The highest BCUT2D eigenvalue weighted by atomic mass is 32.1. The quantitative estimate of drug-likeness (QED) is 0.375. The summed E-state index contributed by atoms with van der Waals surface area (Å²) in [5, 5.41) is 1.05. The van der Waals surface area contributed by atoms with Crippen molar-refractivity contribution in [3.05, 3.63) is 117 Å². The highest BCUT2D eigenvalue weighted by Gasteiger charge is 2.22. The van der Waals surface area contributed by atoms with Crippen LogP contribution in [0.4, 0.5) is 0 Å². The van der Waals surface area contributed by atoms with E-state index in [4.69, 9.17) is 4.98 Å². The fraction of sp³-hybridized carbons (Fsp3) is 0.115. The third-order valence-electron chi connectivity index (χ3n) is 6.05. The molecule has 0 saturated heterocycles. The van der Waals surface area contributed by atoms with Crippen molar-refractivity contribution in [3.63, 3.8) is 0 Å². The summed E-state index contributed by atoms with van der Waals surface area (Å²) >= 11 is 1.45. The topological polar surface area (TPSA) is 87.6 Å². The second kappa shape index (κ2) is 8.44. The van der Waals surface area contributed by atoms with Gasteiger partial charge in [-0.1, -0.05) is 53.8 Å². The molecule has 0 radical (unpaired) electrons. The molecule has 0 atom stereocenters. The zero-order chi connectivity index (χ0) is 23.9. The number of nitrogens with zero attached hydrogens (tertiary/aromatic N) is 6. The van der Waals surface area contributed by atoms with Crippen molar-refractivity contribution in [3.8, 4) is 5.13 Å². The number of aryl methyl sites for hydroxylation is 1. The molecule has 0 amide bonds. The summed E-state index contributed by atoms with van der Waals surface area (Å²) in [4.78, 5) is 40.3. The Kier molecular flexibility index (Phi) is 5.11. The average Bonchev–Trinajstić information content (AvgIpc) is 3.41. The number of benzene rings is 2. The van der Waals surface area contributed by atoms with E-state index in [9.17, 15) is 9.59 Å². The van der Waals surface area contributed by atoms with Crippen molar-refractivity contribution in [1.29, 1.82) is 0 Å². The standard InChI is InChI=1S/C26H20N6O2S/c1-17-24-21(13-23(33)30(17)16-19-14-27-11-12-28-19)31(15-18-7-3-2-4-8-18)32(25(24)34)26-29-20-9-5-6-10-22(20)35-26/h2-14H,15-16H2,1H3. The second-order valence-electron chi connectivity index (χ2n) is 8.24. The summed E-state index contributed by atoms with van der Waals surface area (Å²) < 4.78 is 6.01. The van der Waals surface area contributed by atoms with Gasteiger partial charge in [0.2, 0.25) is 5.13 Å². The molecule has 0 saturated carbocycles. The van der Waals surface area contributed by atoms with Crippen LogP contribution in [-0.4, -0.2) is 28.9 Å². The van der Waals surface area contributed by atoms with Crippen LogP contribution in [0, 0.1) is 6.92 Å². The van der Waals surface area contributed by atoms with Gasteiger partial charge in [-0.3, -0.25) is 24.2 Å². The first kappa shape index (κ1) is 21.2. The van der Waals surface area contributed by atoms with Crippen LogP contribution >= 0.6 is 11.3 Å². The maximum atomic E-state index is 13.9. The van der Waals surface area contributed by atoms with Gasteiger partial charge in [0.05, 0.1) is 46.1 Å². The molecule has 0 bridgehead atoms. The summed E-state index contributed by atoms with van der Waals surface area (Å²) in [6.45, 7) is 2.46. The lowest BCUT2D eigenvalue weighted by Gasteiger charge is -2.12. The van der Waals surface area contributed by atoms with Gasteiger partial charge < -0.3 is 4.57 Å². The Hall–Kier alpha value is -4.37. The lowest BCUT2D eigenvalue weighted by atomic mass is 10.2. The van der Waals surface area contributed by atoms with Crippen molar-refractivity contribution < 1.29 is 0 Å². The smallest absolute Gasteiger partial charge is 0.283 e. The number of thiazole rings is 1. The van der Waals surface area contributed by atoms with Gasteiger partial charge in [0.25, 0.3) is 11.1 Å². The molecule has 35 heavy (non-hydrogen) atoms. The molecule has 4 heterocycles. The van der Waals surface area contributed by atoms with Crippen molar-refractivity contribution >= 4 is 32.5 Å². The van der Waals surface area contributed by atoms with E-state index in [-0.39, 0.29) is 17.7 Å². The lowest BCUT2D eigenvalue weighted by Crippen LogP contribution is -2.24. The van der Waals surface area contributed by atoms with Gasteiger partial charge in [-0.15, -0.1) is 0 Å². The highest BCUT2D eigenvalue weighted by Crippen LogP contribution is 2.26. The molecule has 0 spiro atoms. The van der Waals surface area contributed by atoms with E-state index in [0.717, 1.165) is 15.8 Å². The number of aromatic nitrogens is 6. The number of fused-ring (bicyclic) bond motifs is 2. The van der Waals surface area contributed by atoms with Crippen LogP contribution in [0.5, 0.6) is 0 Å². The molecular formula is C26H20N6O2S. The van der Waals surface area contributed by atoms with E-state index in [2.05, 4.69) is 9.97 Å². The van der Waals surface area contributed by atoms with Gasteiger partial charge >= 0.3 is 0 Å². The van der Waals surface area contributed by atoms with E-state index in [0.29, 0.717) is 34.0 Å². The maximum absolute atomic E-state index is 13.9. The summed E-state index contributed by atoms with van der Waals surface area (Å²) in [6.07, 6.45) is 4.80. The third-order valence-corrected chi connectivity index (χ3v) is 7.06. The Morgan fingerprint density at radius 1 is 0.943 bits per heavy atom. The number of hydrogen-bond acceptors (Lipinski definition) is 6. The van der Waals surface area contributed by atoms with Crippen LogP contribution in [-0.2, 0) is 13.1 Å². The largest absolute Gasteiger partial charge is 0.306 e. The van der Waals surface area contributed by atoms with E-state index in [1.807, 2.05) is 59.3 Å². The Bertz CT molecular complexity index is 1770. The molecule has 0 aliphatic rings. The van der Waals surface area contributed by atoms with Gasteiger partial charge in [-0.05, 0) is 24.6 Å². The maximum Gasteiger partial charge on any atom is 0.283 e. The molecule has 0 aliphatic carbocycles. The lowest BCUT2D eigenvalue weighted by molar-refractivity contribution is 0.610. The molecule has 0 N–H and O–H groups in total. The van der Waals surface area contributed by atoms with Crippen LogP contribution < -0.4 is 11.1 Å². The zero-order valence-electron chi connectivity index (χ0n) is 18.8. The average molecular weight is 481 g/mol. The summed E-state index contributed by atoms with van der Waals surface area (Å²) in [6, 6.07) is 19.2. The Labute approximate surface area is 203 Å². The van der Waals surface area contributed by atoms with E-state index < -0.39 is 0 Å². The minimum atomic E-state index is -0.208. The summed E-state index contributed by atoms with van der Waals surface area (Å²) in [7, 11) is 0. The second-order valence-corrected chi connectivity index (χ2v) is 9.24. The van der Waals surface area contributed by atoms with E-state index in [1.54, 1.807) is 34.8 Å². The minimum Gasteiger partial charge on any atom is -0.306 e. The molecule has 8 nitrogen and oxygen atoms in total. The SMILES string of the molecule is Cc1c2c(=O)n(-c3nc4ccccc4s3)n(Cc3ccccc3)c2cc(=O)n1Cc1cnccn1. The third kappa shape index (κ3) is 3.66. The molecule has 172 valence electrons.